The average molecular weight is 274 g/mol. The molecule has 0 aromatic rings. The van der Waals surface area contributed by atoms with Crippen molar-refractivity contribution in [3.63, 3.8) is 0 Å². The molecule has 0 unspecified atom stereocenters. The van der Waals surface area contributed by atoms with Gasteiger partial charge < -0.3 is 19.3 Å². The smallest absolute Gasteiger partial charge is 0.780 e. The molecule has 0 aliphatic rings. The molecular formula is C4H4Na2O7S2. The molecule has 0 rings (SSSR count). The summed E-state index contributed by atoms with van der Waals surface area (Å²) >= 11 is 3.24. The molecule has 2 N–H and O–H groups in total. The monoisotopic (exact) mass is 274 g/mol. The van der Waals surface area contributed by atoms with Crippen molar-refractivity contribution in [1.82, 2.24) is 0 Å². The van der Waals surface area contributed by atoms with Crippen molar-refractivity contribution in [1.29, 1.82) is 0 Å². The molecule has 7 nitrogen and oxygen atoms in total. The second-order valence-electron chi connectivity index (χ2n) is 1.42. The number of carboxylic acid groups (broad SMARTS) is 2. The first-order valence-electron chi connectivity index (χ1n) is 2.43. The molecule has 0 fully saturated rings. The fraction of sp³-hybridized carbons (Fsp3) is 0. The van der Waals surface area contributed by atoms with E-state index >= 15 is 0 Å². The summed E-state index contributed by atoms with van der Waals surface area (Å²) in [5.74, 6) is -2.51. The van der Waals surface area contributed by atoms with Gasteiger partial charge in [-0.15, -0.1) is 9.05 Å². The van der Waals surface area contributed by atoms with Crippen LogP contribution in [0.4, 0.5) is 0 Å². The molecule has 0 spiro atoms. The molecule has 0 saturated heterocycles. The molecular weight excluding hydrogens is 270 g/mol. The number of carbonyl (C=O) groups is 2. The van der Waals surface area contributed by atoms with Gasteiger partial charge in [0.2, 0.25) is 0 Å². The second-order valence-corrected chi connectivity index (χ2v) is 3.46. The van der Waals surface area contributed by atoms with Crippen molar-refractivity contribution in [2.75, 3.05) is 0 Å². The molecule has 0 aliphatic carbocycles. The first-order valence-corrected chi connectivity index (χ1v) is 4.77. The van der Waals surface area contributed by atoms with Crippen LogP contribution in [0.15, 0.2) is 12.2 Å². The van der Waals surface area contributed by atoms with Crippen LogP contribution in [0.2, 0.25) is 0 Å². The van der Waals surface area contributed by atoms with E-state index in [1.54, 1.807) is 0 Å². The van der Waals surface area contributed by atoms with E-state index in [0.717, 1.165) is 0 Å². The average Bonchev–Trinajstić information content (AvgIpc) is 1.79. The third-order valence-electron chi connectivity index (χ3n) is 0.368. The van der Waals surface area contributed by atoms with Gasteiger partial charge in [0, 0.05) is 12.2 Å². The first-order chi connectivity index (χ1) is 5.63. The summed E-state index contributed by atoms with van der Waals surface area (Å²) in [6, 6.07) is 0. The van der Waals surface area contributed by atoms with Crippen LogP contribution >= 0.6 is 0 Å². The Morgan fingerprint density at radius 2 is 1.20 bits per heavy atom. The van der Waals surface area contributed by atoms with E-state index in [1.807, 2.05) is 0 Å². The molecule has 0 amide bonds. The number of hydrogen-bond donors (Lipinski definition) is 2. The molecule has 0 aromatic carbocycles. The summed E-state index contributed by atoms with van der Waals surface area (Å²) in [4.78, 5) is 19.1. The van der Waals surface area contributed by atoms with Crippen molar-refractivity contribution in [2.45, 2.75) is 0 Å². The second kappa shape index (κ2) is 13.0. The zero-order valence-corrected chi connectivity index (χ0v) is 13.5. The Morgan fingerprint density at radius 3 is 1.27 bits per heavy atom. The summed E-state index contributed by atoms with van der Waals surface area (Å²) in [5, 5.41) is 15.6. The minimum atomic E-state index is -4.33. The Kier molecular flexibility index (Phi) is 21.7. The standard InChI is InChI=1S/C4H4O4.2Na.H2O3S2/c5-3(6)1-2-4(7)8;;;1-5(2,3)4/h1-2H,(H,5,6)(H,7,8);;;(H2,1,2,3,4)/q;2*+1;/p-2/b2-1-;;;. The minimum absolute atomic E-state index is 0. The Balaban J connectivity index is -0.0000000770. The maximum atomic E-state index is 9.55. The van der Waals surface area contributed by atoms with Gasteiger partial charge >= 0.3 is 71.1 Å². The van der Waals surface area contributed by atoms with Gasteiger partial charge in [-0.05, 0) is 11.2 Å². The van der Waals surface area contributed by atoms with Crippen molar-refractivity contribution in [3.8, 4) is 0 Å². The van der Waals surface area contributed by atoms with E-state index in [0.29, 0.717) is 12.2 Å². The largest absolute Gasteiger partial charge is 1.00 e. The summed E-state index contributed by atoms with van der Waals surface area (Å²) in [6.45, 7) is 0. The van der Waals surface area contributed by atoms with Crippen molar-refractivity contribution < 1.29 is 92.2 Å². The fourth-order valence-electron chi connectivity index (χ4n) is 0.143. The molecule has 0 bridgehead atoms. The third kappa shape index (κ3) is 70.7. The quantitative estimate of drug-likeness (QED) is 0.374. The van der Waals surface area contributed by atoms with Crippen LogP contribution in [0, 0.1) is 0 Å². The van der Waals surface area contributed by atoms with E-state index in [1.165, 1.54) is 0 Å². The van der Waals surface area contributed by atoms with Crippen LogP contribution in [0.25, 0.3) is 0 Å². The summed E-state index contributed by atoms with van der Waals surface area (Å²) in [7, 11) is -4.33. The van der Waals surface area contributed by atoms with Gasteiger partial charge in [0.1, 0.15) is 0 Å². The van der Waals surface area contributed by atoms with Crippen LogP contribution in [-0.2, 0) is 29.8 Å². The van der Waals surface area contributed by atoms with E-state index in [2.05, 4.69) is 11.2 Å². The summed E-state index contributed by atoms with van der Waals surface area (Å²) in [5.41, 5.74) is 0. The fourth-order valence-corrected chi connectivity index (χ4v) is 0.143. The molecule has 11 heteroatoms. The summed E-state index contributed by atoms with van der Waals surface area (Å²) in [6.07, 6.45) is 1.12. The predicted molar refractivity (Wildman–Crippen MR) is 41.5 cm³/mol. The van der Waals surface area contributed by atoms with Crippen LogP contribution in [0.3, 0.4) is 0 Å². The van der Waals surface area contributed by atoms with Crippen LogP contribution in [-0.4, -0.2) is 35.5 Å². The molecule has 76 valence electrons. The number of aliphatic carboxylic acids is 2. The topological polar surface area (TPSA) is 138 Å². The molecule has 0 heterocycles. The molecule has 0 radical (unpaired) electrons. The maximum absolute atomic E-state index is 9.55. The van der Waals surface area contributed by atoms with Crippen LogP contribution in [0.5, 0.6) is 0 Å². The normalized spacial score (nSPS) is 8.93. The Labute approximate surface area is 135 Å². The van der Waals surface area contributed by atoms with Gasteiger partial charge in [-0.25, -0.2) is 9.59 Å². The van der Waals surface area contributed by atoms with Gasteiger partial charge in [0.05, 0.1) is 0 Å². The van der Waals surface area contributed by atoms with Crippen LogP contribution in [0.1, 0.15) is 0 Å². The van der Waals surface area contributed by atoms with E-state index < -0.39 is 21.0 Å². The van der Waals surface area contributed by atoms with E-state index in [9.17, 15) is 9.59 Å². The zero-order valence-electron chi connectivity index (χ0n) is 7.91. The Hall–Kier alpha value is 0.970. The maximum Gasteiger partial charge on any atom is 1.00 e. The molecule has 0 aliphatic heterocycles. The molecule has 0 aromatic heterocycles. The van der Waals surface area contributed by atoms with Gasteiger partial charge in [-0.2, -0.15) is 0 Å². The Morgan fingerprint density at radius 1 is 1.07 bits per heavy atom. The SMILES string of the molecule is O=C(O)/C=C\C(=O)O.O=S([O-])([O-])=S.[Na+].[Na+]. The third-order valence-corrected chi connectivity index (χ3v) is 0.368. The summed E-state index contributed by atoms with van der Waals surface area (Å²) < 4.78 is 26.7. The predicted octanol–water partition coefficient (Wildman–Crippen LogP) is -7.29. The molecule has 0 saturated carbocycles. The number of rotatable bonds is 2. The zero-order chi connectivity index (χ0) is 11.1. The van der Waals surface area contributed by atoms with E-state index in [4.69, 9.17) is 23.5 Å². The van der Waals surface area contributed by atoms with Crippen LogP contribution < -0.4 is 59.1 Å². The van der Waals surface area contributed by atoms with Gasteiger partial charge in [0.25, 0.3) is 0 Å². The molecule has 0 atom stereocenters. The van der Waals surface area contributed by atoms with Gasteiger partial charge in [-0.1, -0.05) is 0 Å². The Bertz CT molecular complexity index is 285. The number of hydrogen-bond acceptors (Lipinski definition) is 6. The van der Waals surface area contributed by atoms with Crippen molar-refractivity contribution >= 4 is 32.2 Å². The molecule has 15 heavy (non-hydrogen) atoms. The van der Waals surface area contributed by atoms with E-state index in [-0.39, 0.29) is 59.1 Å². The van der Waals surface area contributed by atoms with Gasteiger partial charge in [-0.3, -0.25) is 4.21 Å². The van der Waals surface area contributed by atoms with Gasteiger partial charge in [0.15, 0.2) is 0 Å². The van der Waals surface area contributed by atoms with Crippen molar-refractivity contribution in [3.05, 3.63) is 12.2 Å². The van der Waals surface area contributed by atoms with Crippen molar-refractivity contribution in [2.24, 2.45) is 0 Å². The minimum Gasteiger partial charge on any atom is -0.780 e. The first kappa shape index (κ1) is 25.0. The number of carboxylic acids is 2.